The number of carbonyl (C=O) groups is 1. The number of hydrogen-bond donors (Lipinski definition) is 1. The van der Waals surface area contributed by atoms with Crippen LogP contribution >= 0.6 is 0 Å². The van der Waals surface area contributed by atoms with E-state index in [2.05, 4.69) is 5.32 Å². The van der Waals surface area contributed by atoms with Crippen LogP contribution in [-0.4, -0.2) is 38.0 Å². The van der Waals surface area contributed by atoms with Gasteiger partial charge in [-0.3, -0.25) is 9.59 Å². The van der Waals surface area contributed by atoms with Gasteiger partial charge in [0.1, 0.15) is 5.58 Å². The van der Waals surface area contributed by atoms with Crippen molar-refractivity contribution in [2.24, 2.45) is 0 Å². The molecule has 2 aromatic rings. The van der Waals surface area contributed by atoms with Gasteiger partial charge < -0.3 is 14.6 Å². The van der Waals surface area contributed by atoms with Crippen LogP contribution in [0.3, 0.4) is 0 Å². The van der Waals surface area contributed by atoms with Gasteiger partial charge in [-0.15, -0.1) is 0 Å². The van der Waals surface area contributed by atoms with Crippen molar-refractivity contribution in [2.45, 2.75) is 20.3 Å². The molecule has 0 saturated heterocycles. The molecule has 0 aliphatic heterocycles. The van der Waals surface area contributed by atoms with Crippen molar-refractivity contribution in [1.82, 2.24) is 10.2 Å². The highest BCUT2D eigenvalue weighted by atomic mass is 16.3. The summed E-state index contributed by atoms with van der Waals surface area (Å²) in [5, 5.41) is 3.29. The summed E-state index contributed by atoms with van der Waals surface area (Å²) in [4.78, 5) is 26.3. The lowest BCUT2D eigenvalue weighted by Gasteiger charge is -2.10. The van der Waals surface area contributed by atoms with Crippen LogP contribution in [0.25, 0.3) is 11.0 Å². The molecule has 1 aromatic carbocycles. The Hall–Kier alpha value is -2.14. The Morgan fingerprint density at radius 1 is 1.23 bits per heavy atom. The van der Waals surface area contributed by atoms with Crippen LogP contribution < -0.4 is 10.7 Å². The fraction of sp³-hybridized carbons (Fsp3) is 0.412. The Balaban J connectivity index is 2.22. The number of fused-ring (bicyclic) bond motifs is 1. The first-order valence-corrected chi connectivity index (χ1v) is 7.36. The van der Waals surface area contributed by atoms with Crippen LogP contribution in [0.4, 0.5) is 0 Å². The smallest absolute Gasteiger partial charge is 0.287 e. The van der Waals surface area contributed by atoms with Crippen LogP contribution in [0, 0.1) is 13.8 Å². The third-order valence-corrected chi connectivity index (χ3v) is 3.45. The Labute approximate surface area is 129 Å². The topological polar surface area (TPSA) is 62.6 Å². The van der Waals surface area contributed by atoms with Crippen molar-refractivity contribution in [2.75, 3.05) is 27.2 Å². The number of benzene rings is 1. The Bertz CT molecular complexity index is 747. The minimum atomic E-state index is -0.349. The summed E-state index contributed by atoms with van der Waals surface area (Å²) in [6, 6.07) is 4.99. The lowest BCUT2D eigenvalue weighted by atomic mass is 10.1. The second-order valence-electron chi connectivity index (χ2n) is 5.85. The van der Waals surface area contributed by atoms with E-state index in [0.717, 1.165) is 24.1 Å². The number of aryl methyl sites for hydroxylation is 2. The van der Waals surface area contributed by atoms with Gasteiger partial charge >= 0.3 is 0 Å². The number of carbonyl (C=O) groups excluding carboxylic acids is 1. The number of nitrogens with zero attached hydrogens (tertiary/aromatic N) is 1. The van der Waals surface area contributed by atoms with Gasteiger partial charge in [-0.1, -0.05) is 6.07 Å². The summed E-state index contributed by atoms with van der Waals surface area (Å²) in [5.41, 5.74) is 2.15. The zero-order valence-corrected chi connectivity index (χ0v) is 13.5. The first-order valence-electron chi connectivity index (χ1n) is 7.36. The molecule has 0 aliphatic rings. The number of hydrogen-bond acceptors (Lipinski definition) is 4. The molecule has 118 valence electrons. The SMILES string of the molecule is Cc1cc(C)c2oc(C(=O)NCCCN(C)C)cc(=O)c2c1. The molecule has 1 N–H and O–H groups in total. The second kappa shape index (κ2) is 6.75. The van der Waals surface area contributed by atoms with Gasteiger partial charge in [-0.05, 0) is 58.1 Å². The largest absolute Gasteiger partial charge is 0.450 e. The van der Waals surface area contributed by atoms with E-state index in [0.29, 0.717) is 17.5 Å². The number of rotatable bonds is 5. The molecular formula is C17H22N2O3. The van der Waals surface area contributed by atoms with Gasteiger partial charge in [0, 0.05) is 12.6 Å². The maximum absolute atomic E-state index is 12.2. The molecular weight excluding hydrogens is 280 g/mol. The maximum atomic E-state index is 12.2. The van der Waals surface area contributed by atoms with Crippen LogP contribution in [0.5, 0.6) is 0 Å². The Morgan fingerprint density at radius 2 is 1.95 bits per heavy atom. The molecule has 0 fully saturated rings. The summed E-state index contributed by atoms with van der Waals surface area (Å²) in [5.74, 6) is -0.285. The quantitative estimate of drug-likeness (QED) is 0.859. The zero-order chi connectivity index (χ0) is 16.3. The van der Waals surface area contributed by atoms with E-state index in [1.54, 1.807) is 6.07 Å². The highest BCUT2D eigenvalue weighted by molar-refractivity contribution is 5.93. The monoisotopic (exact) mass is 302 g/mol. The average Bonchev–Trinajstić information content (AvgIpc) is 2.44. The third-order valence-electron chi connectivity index (χ3n) is 3.45. The maximum Gasteiger partial charge on any atom is 0.287 e. The summed E-state index contributed by atoms with van der Waals surface area (Å²) >= 11 is 0. The molecule has 2 rings (SSSR count). The summed E-state index contributed by atoms with van der Waals surface area (Å²) in [6.45, 7) is 5.24. The Kier molecular flexibility index (Phi) is 4.98. The molecule has 0 aliphatic carbocycles. The minimum Gasteiger partial charge on any atom is -0.450 e. The van der Waals surface area contributed by atoms with Gasteiger partial charge in [0.25, 0.3) is 5.91 Å². The molecule has 0 unspecified atom stereocenters. The normalized spacial score (nSPS) is 11.1. The van der Waals surface area contributed by atoms with Crippen molar-refractivity contribution in [3.05, 3.63) is 45.3 Å². The molecule has 0 spiro atoms. The minimum absolute atomic E-state index is 0.0642. The van der Waals surface area contributed by atoms with E-state index in [-0.39, 0.29) is 17.1 Å². The molecule has 0 bridgehead atoms. The lowest BCUT2D eigenvalue weighted by Crippen LogP contribution is -2.27. The summed E-state index contributed by atoms with van der Waals surface area (Å²) in [6.07, 6.45) is 0.842. The van der Waals surface area contributed by atoms with Gasteiger partial charge in [0.05, 0.1) is 5.39 Å². The van der Waals surface area contributed by atoms with E-state index >= 15 is 0 Å². The van der Waals surface area contributed by atoms with Crippen molar-refractivity contribution in [3.63, 3.8) is 0 Å². The average molecular weight is 302 g/mol. The van der Waals surface area contributed by atoms with Crippen molar-refractivity contribution < 1.29 is 9.21 Å². The molecule has 5 nitrogen and oxygen atoms in total. The van der Waals surface area contributed by atoms with Crippen molar-refractivity contribution in [3.8, 4) is 0 Å². The second-order valence-corrected chi connectivity index (χ2v) is 5.85. The van der Waals surface area contributed by atoms with Crippen molar-refractivity contribution >= 4 is 16.9 Å². The molecule has 1 aromatic heterocycles. The van der Waals surface area contributed by atoms with Crippen LogP contribution in [-0.2, 0) is 0 Å². The Morgan fingerprint density at radius 3 is 2.64 bits per heavy atom. The molecule has 5 heteroatoms. The highest BCUT2D eigenvalue weighted by Gasteiger charge is 2.13. The predicted octanol–water partition coefficient (Wildman–Crippen LogP) is 2.09. The van der Waals surface area contributed by atoms with Gasteiger partial charge in [-0.25, -0.2) is 0 Å². The lowest BCUT2D eigenvalue weighted by molar-refractivity contribution is 0.0925. The fourth-order valence-electron chi connectivity index (χ4n) is 2.41. The molecule has 0 atom stereocenters. The standard InChI is InChI=1S/C17H22N2O3/c1-11-8-12(2)16-13(9-11)14(20)10-15(22-16)17(21)18-6-5-7-19(3)4/h8-10H,5-7H2,1-4H3,(H,18,21). The van der Waals surface area contributed by atoms with E-state index in [4.69, 9.17) is 4.42 Å². The van der Waals surface area contributed by atoms with E-state index < -0.39 is 0 Å². The molecule has 1 heterocycles. The van der Waals surface area contributed by atoms with Crippen molar-refractivity contribution in [1.29, 1.82) is 0 Å². The molecule has 0 radical (unpaired) electrons. The molecule has 22 heavy (non-hydrogen) atoms. The number of nitrogens with one attached hydrogen (secondary N) is 1. The van der Waals surface area contributed by atoms with Crippen LogP contribution in [0.15, 0.2) is 27.4 Å². The fourth-order valence-corrected chi connectivity index (χ4v) is 2.41. The first-order chi connectivity index (χ1) is 10.4. The molecule has 0 saturated carbocycles. The van der Waals surface area contributed by atoms with Gasteiger partial charge in [0.15, 0.2) is 11.2 Å². The van der Waals surface area contributed by atoms with Crippen LogP contribution in [0.2, 0.25) is 0 Å². The highest BCUT2D eigenvalue weighted by Crippen LogP contribution is 2.19. The molecule has 1 amide bonds. The van der Waals surface area contributed by atoms with E-state index in [1.165, 1.54) is 6.07 Å². The van der Waals surface area contributed by atoms with E-state index in [1.807, 2.05) is 38.9 Å². The van der Waals surface area contributed by atoms with E-state index in [9.17, 15) is 9.59 Å². The summed E-state index contributed by atoms with van der Waals surface area (Å²) < 4.78 is 5.65. The van der Waals surface area contributed by atoms with Crippen LogP contribution in [0.1, 0.15) is 28.1 Å². The zero-order valence-electron chi connectivity index (χ0n) is 13.5. The summed E-state index contributed by atoms with van der Waals surface area (Å²) in [7, 11) is 3.96. The third kappa shape index (κ3) is 3.74. The first kappa shape index (κ1) is 16.2. The number of amides is 1. The van der Waals surface area contributed by atoms with Gasteiger partial charge in [-0.2, -0.15) is 0 Å². The van der Waals surface area contributed by atoms with Gasteiger partial charge in [0.2, 0.25) is 0 Å². The predicted molar refractivity (Wildman–Crippen MR) is 87.5 cm³/mol.